The molecule has 0 fully saturated rings. The lowest BCUT2D eigenvalue weighted by Crippen LogP contribution is -2.03. The first-order chi connectivity index (χ1) is 10.0. The molecule has 3 nitrogen and oxygen atoms in total. The first-order valence-corrected chi connectivity index (χ1v) is 8.52. The molecule has 1 N–H and O–H groups in total. The monoisotopic (exact) mass is 477 g/mol. The second kappa shape index (κ2) is 7.51. The summed E-state index contributed by atoms with van der Waals surface area (Å²) in [5.74, 6) is 1.63. The maximum absolute atomic E-state index is 5.45. The van der Waals surface area contributed by atoms with E-state index in [1.54, 1.807) is 14.2 Å². The predicted octanol–water partition coefficient (Wildman–Crippen LogP) is 5.60. The third kappa shape index (κ3) is 4.14. The molecule has 2 rings (SSSR count). The van der Waals surface area contributed by atoms with Crippen molar-refractivity contribution in [2.75, 3.05) is 19.5 Å². The van der Waals surface area contributed by atoms with Gasteiger partial charge in [-0.05, 0) is 56.1 Å². The number of ether oxygens (including phenoxy) is 2. The van der Waals surface area contributed by atoms with Gasteiger partial charge in [0.1, 0.15) is 11.5 Å². The third-order valence-electron chi connectivity index (χ3n) is 2.93. The number of rotatable bonds is 5. The number of benzene rings is 2. The molecule has 112 valence electrons. The van der Waals surface area contributed by atoms with Crippen molar-refractivity contribution in [1.82, 2.24) is 0 Å². The Hall–Kier alpha value is -0.720. The smallest absolute Gasteiger partial charge is 0.138 e. The molecule has 0 amide bonds. The van der Waals surface area contributed by atoms with Gasteiger partial charge in [0.05, 0.1) is 24.4 Å². The summed E-state index contributed by atoms with van der Waals surface area (Å²) in [5, 5.41) is 3.38. The molecule has 0 aromatic heterocycles. The van der Waals surface area contributed by atoms with E-state index in [4.69, 9.17) is 9.47 Å². The third-order valence-corrected chi connectivity index (χ3v) is 4.67. The van der Waals surface area contributed by atoms with E-state index in [-0.39, 0.29) is 0 Å². The number of hydrogen-bond donors (Lipinski definition) is 1. The van der Waals surface area contributed by atoms with Crippen LogP contribution in [0.25, 0.3) is 0 Å². The highest BCUT2D eigenvalue weighted by atomic mass is 79.9. The highest BCUT2D eigenvalue weighted by molar-refractivity contribution is 9.11. The van der Waals surface area contributed by atoms with E-state index >= 15 is 0 Å². The summed E-state index contributed by atoms with van der Waals surface area (Å²) < 4.78 is 13.6. The molecular formula is C15H14Br3NO2. The Morgan fingerprint density at radius 1 is 0.952 bits per heavy atom. The molecule has 0 heterocycles. The molecule has 0 aliphatic heterocycles. The van der Waals surface area contributed by atoms with Gasteiger partial charge in [-0.1, -0.05) is 15.9 Å². The van der Waals surface area contributed by atoms with Gasteiger partial charge in [0.2, 0.25) is 0 Å². The second-order valence-electron chi connectivity index (χ2n) is 4.28. The lowest BCUT2D eigenvalue weighted by atomic mass is 10.2. The zero-order chi connectivity index (χ0) is 15.4. The molecule has 0 saturated heterocycles. The highest BCUT2D eigenvalue weighted by Gasteiger charge is 2.10. The summed E-state index contributed by atoms with van der Waals surface area (Å²) in [6.45, 7) is 0.632. The number of halogens is 3. The Morgan fingerprint density at radius 2 is 1.71 bits per heavy atom. The van der Waals surface area contributed by atoms with Crippen LogP contribution in [0.3, 0.4) is 0 Å². The van der Waals surface area contributed by atoms with Gasteiger partial charge in [-0.3, -0.25) is 0 Å². The van der Waals surface area contributed by atoms with Crippen LogP contribution >= 0.6 is 47.8 Å². The molecular weight excluding hydrogens is 466 g/mol. The average molecular weight is 480 g/mol. The summed E-state index contributed by atoms with van der Waals surface area (Å²) in [6, 6.07) is 9.80. The minimum Gasteiger partial charge on any atom is -0.497 e. The second-order valence-corrected chi connectivity index (χ2v) is 6.90. The van der Waals surface area contributed by atoms with Gasteiger partial charge in [0.25, 0.3) is 0 Å². The van der Waals surface area contributed by atoms with Gasteiger partial charge < -0.3 is 14.8 Å². The SMILES string of the molecule is COc1ccc(Br)c(NCc2cc(Br)cc(Br)c2OC)c1. The molecule has 0 radical (unpaired) electrons. The van der Waals surface area contributed by atoms with E-state index in [0.717, 1.165) is 36.2 Å². The van der Waals surface area contributed by atoms with Gasteiger partial charge in [-0.15, -0.1) is 0 Å². The molecule has 0 bridgehead atoms. The molecule has 0 saturated carbocycles. The Balaban J connectivity index is 2.24. The summed E-state index contributed by atoms with van der Waals surface area (Å²) in [7, 11) is 3.32. The van der Waals surface area contributed by atoms with Crippen LogP contribution in [-0.4, -0.2) is 14.2 Å². The Bertz CT molecular complexity index is 647. The fourth-order valence-electron chi connectivity index (χ4n) is 1.93. The van der Waals surface area contributed by atoms with Crippen molar-refractivity contribution in [3.63, 3.8) is 0 Å². The Labute approximate surface area is 149 Å². The van der Waals surface area contributed by atoms with E-state index < -0.39 is 0 Å². The number of anilines is 1. The predicted molar refractivity (Wildman–Crippen MR) is 96.4 cm³/mol. The molecule has 21 heavy (non-hydrogen) atoms. The van der Waals surface area contributed by atoms with Crippen LogP contribution in [0.1, 0.15) is 5.56 Å². The van der Waals surface area contributed by atoms with Crippen molar-refractivity contribution in [2.24, 2.45) is 0 Å². The van der Waals surface area contributed by atoms with Crippen LogP contribution in [0.4, 0.5) is 5.69 Å². The average Bonchev–Trinajstić information content (AvgIpc) is 2.46. The molecule has 6 heteroatoms. The van der Waals surface area contributed by atoms with Crippen molar-refractivity contribution in [3.05, 3.63) is 49.3 Å². The van der Waals surface area contributed by atoms with Crippen molar-refractivity contribution in [1.29, 1.82) is 0 Å². The van der Waals surface area contributed by atoms with Crippen molar-refractivity contribution in [3.8, 4) is 11.5 Å². The van der Waals surface area contributed by atoms with E-state index in [0.29, 0.717) is 6.54 Å². The summed E-state index contributed by atoms with van der Waals surface area (Å²) >= 11 is 10.5. The minimum atomic E-state index is 0.632. The van der Waals surface area contributed by atoms with Crippen LogP contribution in [0, 0.1) is 0 Å². The van der Waals surface area contributed by atoms with Crippen LogP contribution in [0.5, 0.6) is 11.5 Å². The van der Waals surface area contributed by atoms with Crippen molar-refractivity contribution >= 4 is 53.5 Å². The number of hydrogen-bond acceptors (Lipinski definition) is 3. The van der Waals surface area contributed by atoms with E-state index in [1.807, 2.05) is 30.3 Å². The van der Waals surface area contributed by atoms with Gasteiger partial charge >= 0.3 is 0 Å². The molecule has 2 aromatic carbocycles. The van der Waals surface area contributed by atoms with Crippen LogP contribution in [0.15, 0.2) is 43.7 Å². The maximum Gasteiger partial charge on any atom is 0.138 e. The first-order valence-electron chi connectivity index (χ1n) is 6.14. The maximum atomic E-state index is 5.45. The highest BCUT2D eigenvalue weighted by Crippen LogP contribution is 2.34. The van der Waals surface area contributed by atoms with Crippen LogP contribution in [0.2, 0.25) is 0 Å². The van der Waals surface area contributed by atoms with Crippen molar-refractivity contribution < 1.29 is 9.47 Å². The molecule has 0 atom stereocenters. The summed E-state index contributed by atoms with van der Waals surface area (Å²) in [6.07, 6.45) is 0. The number of methoxy groups -OCH3 is 2. The zero-order valence-electron chi connectivity index (χ0n) is 11.5. The van der Waals surface area contributed by atoms with Gasteiger partial charge in [0.15, 0.2) is 0 Å². The summed E-state index contributed by atoms with van der Waals surface area (Å²) in [4.78, 5) is 0. The zero-order valence-corrected chi connectivity index (χ0v) is 16.3. The Morgan fingerprint density at radius 3 is 2.38 bits per heavy atom. The molecule has 0 aliphatic carbocycles. The molecule has 0 spiro atoms. The van der Waals surface area contributed by atoms with E-state index in [9.17, 15) is 0 Å². The minimum absolute atomic E-state index is 0.632. The molecule has 0 unspecified atom stereocenters. The fourth-order valence-corrected chi connectivity index (χ4v) is 3.79. The number of nitrogens with one attached hydrogen (secondary N) is 1. The van der Waals surface area contributed by atoms with Gasteiger partial charge in [-0.2, -0.15) is 0 Å². The van der Waals surface area contributed by atoms with Crippen LogP contribution < -0.4 is 14.8 Å². The first kappa shape index (κ1) is 16.6. The lowest BCUT2D eigenvalue weighted by Gasteiger charge is -2.14. The molecule has 0 aliphatic rings. The quantitative estimate of drug-likeness (QED) is 0.605. The normalized spacial score (nSPS) is 10.3. The van der Waals surface area contributed by atoms with E-state index in [2.05, 4.69) is 53.1 Å². The lowest BCUT2D eigenvalue weighted by molar-refractivity contribution is 0.407. The largest absolute Gasteiger partial charge is 0.497 e. The van der Waals surface area contributed by atoms with Crippen molar-refractivity contribution in [2.45, 2.75) is 6.54 Å². The Kier molecular flexibility index (Phi) is 5.96. The molecule has 2 aromatic rings. The van der Waals surface area contributed by atoms with Gasteiger partial charge in [0, 0.05) is 27.1 Å². The van der Waals surface area contributed by atoms with Crippen LogP contribution in [-0.2, 0) is 6.54 Å². The van der Waals surface area contributed by atoms with E-state index in [1.165, 1.54) is 0 Å². The standard InChI is InChI=1S/C15H14Br3NO2/c1-20-11-3-4-12(17)14(7-11)19-8-9-5-10(16)6-13(18)15(9)21-2/h3-7,19H,8H2,1-2H3. The topological polar surface area (TPSA) is 30.5 Å². The fraction of sp³-hybridized carbons (Fsp3) is 0.200. The van der Waals surface area contributed by atoms with Gasteiger partial charge in [-0.25, -0.2) is 0 Å². The summed E-state index contributed by atoms with van der Waals surface area (Å²) in [5.41, 5.74) is 2.01.